The molecular formula is C19H28. The zero-order chi connectivity index (χ0) is 12.9. The highest BCUT2D eigenvalue weighted by Gasteiger charge is 2.17. The molecule has 0 radical (unpaired) electrons. The lowest BCUT2D eigenvalue weighted by molar-refractivity contribution is 0.443. The summed E-state index contributed by atoms with van der Waals surface area (Å²) in [7, 11) is 0. The molecule has 0 aromatic heterocycles. The van der Waals surface area contributed by atoms with Crippen LogP contribution in [0.3, 0.4) is 0 Å². The first-order valence-corrected chi connectivity index (χ1v) is 8.53. The second-order valence-corrected chi connectivity index (χ2v) is 6.69. The molecule has 2 fully saturated rings. The average Bonchev–Trinajstić information content (AvgIpc) is 2.77. The molecule has 0 amide bonds. The zero-order valence-corrected chi connectivity index (χ0v) is 12.2. The standard InChI is InChI=1S/C19H28/c1-2-5-9-16(8-4-1)18-12-14-19(15-13-18)17-10-6-3-7-11-17/h12-17H,1-11H2. The summed E-state index contributed by atoms with van der Waals surface area (Å²) in [4.78, 5) is 0. The molecule has 1 aromatic carbocycles. The summed E-state index contributed by atoms with van der Waals surface area (Å²) in [5.41, 5.74) is 3.22. The second kappa shape index (κ2) is 6.59. The van der Waals surface area contributed by atoms with Crippen LogP contribution in [0.5, 0.6) is 0 Å². The van der Waals surface area contributed by atoms with Crippen molar-refractivity contribution in [2.24, 2.45) is 0 Å². The van der Waals surface area contributed by atoms with E-state index in [1.165, 1.54) is 70.6 Å². The Morgan fingerprint density at radius 2 is 0.789 bits per heavy atom. The van der Waals surface area contributed by atoms with Gasteiger partial charge in [-0.15, -0.1) is 0 Å². The van der Waals surface area contributed by atoms with Crippen LogP contribution in [0.15, 0.2) is 24.3 Å². The number of benzene rings is 1. The summed E-state index contributed by atoms with van der Waals surface area (Å²) >= 11 is 0. The van der Waals surface area contributed by atoms with E-state index in [0.29, 0.717) is 0 Å². The maximum absolute atomic E-state index is 2.44. The van der Waals surface area contributed by atoms with Gasteiger partial charge in [0.15, 0.2) is 0 Å². The van der Waals surface area contributed by atoms with Crippen LogP contribution in [0, 0.1) is 0 Å². The van der Waals surface area contributed by atoms with Crippen molar-refractivity contribution < 1.29 is 0 Å². The third kappa shape index (κ3) is 3.41. The average molecular weight is 256 g/mol. The van der Waals surface area contributed by atoms with Gasteiger partial charge in [0.1, 0.15) is 0 Å². The van der Waals surface area contributed by atoms with Crippen LogP contribution in [0.4, 0.5) is 0 Å². The van der Waals surface area contributed by atoms with Crippen LogP contribution in [-0.4, -0.2) is 0 Å². The summed E-state index contributed by atoms with van der Waals surface area (Å²) in [6.45, 7) is 0. The van der Waals surface area contributed by atoms with Gasteiger partial charge in [-0.05, 0) is 48.6 Å². The van der Waals surface area contributed by atoms with Crippen LogP contribution in [0.25, 0.3) is 0 Å². The van der Waals surface area contributed by atoms with Crippen molar-refractivity contribution in [1.29, 1.82) is 0 Å². The molecule has 3 rings (SSSR count). The van der Waals surface area contributed by atoms with Crippen molar-refractivity contribution in [3.05, 3.63) is 35.4 Å². The van der Waals surface area contributed by atoms with Gasteiger partial charge in [0.05, 0.1) is 0 Å². The molecule has 0 spiro atoms. The molecule has 104 valence electrons. The van der Waals surface area contributed by atoms with E-state index < -0.39 is 0 Å². The predicted octanol–water partition coefficient (Wildman–Crippen LogP) is 6.17. The Hall–Kier alpha value is -0.780. The Labute approximate surface area is 118 Å². The van der Waals surface area contributed by atoms with Crippen molar-refractivity contribution in [2.45, 2.75) is 82.5 Å². The van der Waals surface area contributed by atoms with E-state index >= 15 is 0 Å². The Balaban J connectivity index is 1.67. The third-order valence-corrected chi connectivity index (χ3v) is 5.34. The smallest absolute Gasteiger partial charge is 0.0162 e. The lowest BCUT2D eigenvalue weighted by Gasteiger charge is -2.23. The van der Waals surface area contributed by atoms with Crippen molar-refractivity contribution in [3.8, 4) is 0 Å². The van der Waals surface area contributed by atoms with E-state index in [2.05, 4.69) is 24.3 Å². The molecule has 0 aliphatic heterocycles. The summed E-state index contributed by atoms with van der Waals surface area (Å²) in [5, 5.41) is 0. The lowest BCUT2D eigenvalue weighted by atomic mass is 9.83. The first-order chi connectivity index (χ1) is 9.43. The Bertz CT molecular complexity index is 362. The van der Waals surface area contributed by atoms with Gasteiger partial charge in [-0.2, -0.15) is 0 Å². The van der Waals surface area contributed by atoms with Crippen molar-refractivity contribution in [3.63, 3.8) is 0 Å². The van der Waals surface area contributed by atoms with Crippen LogP contribution < -0.4 is 0 Å². The monoisotopic (exact) mass is 256 g/mol. The van der Waals surface area contributed by atoms with Crippen LogP contribution in [-0.2, 0) is 0 Å². The zero-order valence-electron chi connectivity index (χ0n) is 12.2. The highest BCUT2D eigenvalue weighted by Crippen LogP contribution is 2.35. The van der Waals surface area contributed by atoms with Gasteiger partial charge in [0.2, 0.25) is 0 Å². The fourth-order valence-corrected chi connectivity index (χ4v) is 4.09. The van der Waals surface area contributed by atoms with Gasteiger partial charge < -0.3 is 0 Å². The van der Waals surface area contributed by atoms with E-state index in [1.807, 2.05) is 0 Å². The molecule has 1 aromatic rings. The van der Waals surface area contributed by atoms with Gasteiger partial charge in [-0.3, -0.25) is 0 Å². The molecule has 0 unspecified atom stereocenters. The molecule has 0 bridgehead atoms. The summed E-state index contributed by atoms with van der Waals surface area (Å²) < 4.78 is 0. The van der Waals surface area contributed by atoms with E-state index in [1.54, 1.807) is 11.1 Å². The van der Waals surface area contributed by atoms with Gasteiger partial charge in [0, 0.05) is 0 Å². The Morgan fingerprint density at radius 1 is 0.474 bits per heavy atom. The van der Waals surface area contributed by atoms with Crippen LogP contribution >= 0.6 is 0 Å². The van der Waals surface area contributed by atoms with Crippen molar-refractivity contribution in [1.82, 2.24) is 0 Å². The molecule has 0 atom stereocenters. The molecule has 0 nitrogen and oxygen atoms in total. The van der Waals surface area contributed by atoms with Gasteiger partial charge in [-0.1, -0.05) is 69.2 Å². The van der Waals surface area contributed by atoms with Crippen molar-refractivity contribution in [2.75, 3.05) is 0 Å². The summed E-state index contributed by atoms with van der Waals surface area (Å²) in [6.07, 6.45) is 15.8. The third-order valence-electron chi connectivity index (χ3n) is 5.34. The normalized spacial score (nSPS) is 23.2. The second-order valence-electron chi connectivity index (χ2n) is 6.69. The molecule has 0 saturated heterocycles. The van der Waals surface area contributed by atoms with Gasteiger partial charge in [0.25, 0.3) is 0 Å². The predicted molar refractivity (Wildman–Crippen MR) is 82.7 cm³/mol. The van der Waals surface area contributed by atoms with Gasteiger partial charge >= 0.3 is 0 Å². The molecule has 0 heterocycles. The van der Waals surface area contributed by atoms with E-state index in [0.717, 1.165) is 11.8 Å². The minimum atomic E-state index is 0.850. The first-order valence-electron chi connectivity index (χ1n) is 8.53. The fourth-order valence-electron chi connectivity index (χ4n) is 4.09. The van der Waals surface area contributed by atoms with Crippen LogP contribution in [0.1, 0.15) is 93.6 Å². The van der Waals surface area contributed by atoms with E-state index in [-0.39, 0.29) is 0 Å². The molecular weight excluding hydrogens is 228 g/mol. The van der Waals surface area contributed by atoms with E-state index in [4.69, 9.17) is 0 Å². The quantitative estimate of drug-likeness (QED) is 0.555. The molecule has 2 saturated carbocycles. The maximum Gasteiger partial charge on any atom is -0.0162 e. The van der Waals surface area contributed by atoms with E-state index in [9.17, 15) is 0 Å². The molecule has 0 N–H and O–H groups in total. The topological polar surface area (TPSA) is 0 Å². The maximum atomic E-state index is 2.44. The summed E-state index contributed by atoms with van der Waals surface area (Å²) in [5.74, 6) is 1.71. The van der Waals surface area contributed by atoms with Crippen LogP contribution in [0.2, 0.25) is 0 Å². The lowest BCUT2D eigenvalue weighted by Crippen LogP contribution is -2.05. The molecule has 2 aliphatic carbocycles. The SMILES string of the molecule is c1cc(C2CCCCC2)ccc1C1CCCCCC1. The largest absolute Gasteiger partial charge is 0.0585 e. The van der Waals surface area contributed by atoms with Gasteiger partial charge in [-0.25, -0.2) is 0 Å². The number of hydrogen-bond acceptors (Lipinski definition) is 0. The number of rotatable bonds is 2. The Morgan fingerprint density at radius 3 is 1.16 bits per heavy atom. The minimum absolute atomic E-state index is 0.850. The molecule has 2 aliphatic rings. The highest BCUT2D eigenvalue weighted by atomic mass is 14.2. The highest BCUT2D eigenvalue weighted by molar-refractivity contribution is 5.28. The molecule has 19 heavy (non-hydrogen) atoms. The number of hydrogen-bond donors (Lipinski definition) is 0. The summed E-state index contributed by atoms with van der Waals surface area (Å²) in [6, 6.07) is 9.77. The Kier molecular flexibility index (Phi) is 4.58. The van der Waals surface area contributed by atoms with Crippen molar-refractivity contribution >= 4 is 0 Å². The fraction of sp³-hybridized carbons (Fsp3) is 0.684. The minimum Gasteiger partial charge on any atom is -0.0585 e. The molecule has 0 heteroatoms. The first kappa shape index (κ1) is 13.2.